The molecule has 0 spiro atoms. The van der Waals surface area contributed by atoms with Crippen LogP contribution in [0.1, 0.15) is 39.5 Å². The third kappa shape index (κ3) is 6.16. The zero-order chi connectivity index (χ0) is 9.40. The summed E-state index contributed by atoms with van der Waals surface area (Å²) in [6.07, 6.45) is 3.68. The molecular formula is C9H19NO2. The molecule has 0 aromatic rings. The summed E-state index contributed by atoms with van der Waals surface area (Å²) in [6, 6.07) is 0. The highest BCUT2D eigenvalue weighted by molar-refractivity contribution is 5.75. The number of nitrogens with one attached hydrogen (secondary N) is 1. The molecule has 12 heavy (non-hydrogen) atoms. The summed E-state index contributed by atoms with van der Waals surface area (Å²) in [4.78, 5) is 11.1. The molecule has 1 unspecified atom stereocenters. The van der Waals surface area contributed by atoms with Gasteiger partial charge in [-0.1, -0.05) is 19.8 Å². The topological polar surface area (TPSA) is 38.3 Å². The van der Waals surface area contributed by atoms with E-state index in [2.05, 4.69) is 12.2 Å². The molecule has 0 aliphatic heterocycles. The Hall–Kier alpha value is -0.570. The first kappa shape index (κ1) is 11.4. The van der Waals surface area contributed by atoms with E-state index < -0.39 is 0 Å². The number of carbonyl (C=O) groups excluding carboxylic acids is 1. The van der Waals surface area contributed by atoms with Crippen LogP contribution in [0.25, 0.3) is 0 Å². The highest BCUT2D eigenvalue weighted by Crippen LogP contribution is 1.98. The van der Waals surface area contributed by atoms with Crippen LogP contribution in [-0.4, -0.2) is 19.2 Å². The van der Waals surface area contributed by atoms with Gasteiger partial charge >= 0.3 is 0 Å². The molecule has 1 N–H and O–H groups in total. The average Bonchev–Trinajstić information content (AvgIpc) is 2.05. The van der Waals surface area contributed by atoms with Crippen LogP contribution in [0, 0.1) is 0 Å². The van der Waals surface area contributed by atoms with Crippen LogP contribution in [-0.2, 0) is 9.53 Å². The van der Waals surface area contributed by atoms with Crippen LogP contribution in [0.5, 0.6) is 0 Å². The van der Waals surface area contributed by atoms with Gasteiger partial charge in [-0.2, -0.15) is 0 Å². The van der Waals surface area contributed by atoms with Crippen LogP contribution >= 0.6 is 0 Å². The Kier molecular flexibility index (Phi) is 6.76. The van der Waals surface area contributed by atoms with E-state index in [0.717, 1.165) is 19.3 Å². The number of hydrogen-bond acceptors (Lipinski definition) is 2. The summed E-state index contributed by atoms with van der Waals surface area (Å²) in [5, 5.41) is 2.73. The van der Waals surface area contributed by atoms with E-state index in [4.69, 9.17) is 4.74 Å². The Morgan fingerprint density at radius 3 is 2.67 bits per heavy atom. The molecule has 3 nitrogen and oxygen atoms in total. The molecule has 0 heterocycles. The van der Waals surface area contributed by atoms with Crippen molar-refractivity contribution in [3.63, 3.8) is 0 Å². The standard InChI is InChI=1S/C9H19NO2/c1-4-5-6-7-9(11)10-8(2)12-3/h8H,4-7H2,1-3H3,(H,10,11). The van der Waals surface area contributed by atoms with E-state index in [1.165, 1.54) is 0 Å². The largest absolute Gasteiger partial charge is 0.362 e. The number of hydrogen-bond donors (Lipinski definition) is 1. The van der Waals surface area contributed by atoms with E-state index in [9.17, 15) is 4.79 Å². The van der Waals surface area contributed by atoms with Crippen LogP contribution in [0.4, 0.5) is 0 Å². The molecule has 3 heteroatoms. The molecule has 0 radical (unpaired) electrons. The predicted octanol–water partition coefficient (Wildman–Crippen LogP) is 1.68. The van der Waals surface area contributed by atoms with Crippen molar-refractivity contribution in [2.24, 2.45) is 0 Å². The SMILES string of the molecule is CCCCCC(=O)NC(C)OC. The Morgan fingerprint density at radius 2 is 2.17 bits per heavy atom. The lowest BCUT2D eigenvalue weighted by Crippen LogP contribution is -2.33. The average molecular weight is 173 g/mol. The minimum Gasteiger partial charge on any atom is -0.362 e. The summed E-state index contributed by atoms with van der Waals surface area (Å²) >= 11 is 0. The fourth-order valence-electron chi connectivity index (χ4n) is 0.893. The molecule has 0 aromatic carbocycles. The summed E-state index contributed by atoms with van der Waals surface area (Å²) in [5.74, 6) is 0.0813. The van der Waals surface area contributed by atoms with Gasteiger partial charge in [0.1, 0.15) is 6.23 Å². The first-order valence-corrected chi connectivity index (χ1v) is 4.52. The summed E-state index contributed by atoms with van der Waals surface area (Å²) in [6.45, 7) is 3.94. The Bertz CT molecular complexity index is 126. The number of methoxy groups -OCH3 is 1. The van der Waals surface area contributed by atoms with Gasteiger partial charge in [0.05, 0.1) is 0 Å². The Balaban J connectivity index is 3.33. The number of ether oxygens (including phenoxy) is 1. The van der Waals surface area contributed by atoms with Crippen LogP contribution in [0.2, 0.25) is 0 Å². The molecule has 0 bridgehead atoms. The maximum Gasteiger partial charge on any atom is 0.221 e. The van der Waals surface area contributed by atoms with Crippen molar-refractivity contribution in [2.75, 3.05) is 7.11 Å². The van der Waals surface area contributed by atoms with Crippen LogP contribution < -0.4 is 5.32 Å². The van der Waals surface area contributed by atoms with Crippen molar-refractivity contribution in [1.82, 2.24) is 5.32 Å². The van der Waals surface area contributed by atoms with Crippen LogP contribution in [0.3, 0.4) is 0 Å². The monoisotopic (exact) mass is 173 g/mol. The van der Waals surface area contributed by atoms with E-state index in [0.29, 0.717) is 6.42 Å². The third-order valence-electron chi connectivity index (χ3n) is 1.73. The van der Waals surface area contributed by atoms with Gasteiger partial charge in [-0.3, -0.25) is 4.79 Å². The van der Waals surface area contributed by atoms with Crippen molar-refractivity contribution in [3.8, 4) is 0 Å². The van der Waals surface area contributed by atoms with E-state index in [-0.39, 0.29) is 12.1 Å². The minimum absolute atomic E-state index is 0.0813. The van der Waals surface area contributed by atoms with Gasteiger partial charge in [-0.25, -0.2) is 0 Å². The molecule has 0 aliphatic carbocycles. The molecule has 0 saturated heterocycles. The molecule has 0 aliphatic rings. The minimum atomic E-state index is -0.167. The predicted molar refractivity (Wildman–Crippen MR) is 48.8 cm³/mol. The quantitative estimate of drug-likeness (QED) is 0.490. The summed E-state index contributed by atoms with van der Waals surface area (Å²) in [5.41, 5.74) is 0. The maximum absolute atomic E-state index is 11.1. The van der Waals surface area contributed by atoms with Gasteiger partial charge in [0.15, 0.2) is 0 Å². The molecule has 0 aromatic heterocycles. The van der Waals surface area contributed by atoms with Gasteiger partial charge in [-0.15, -0.1) is 0 Å². The van der Waals surface area contributed by atoms with E-state index in [1.54, 1.807) is 7.11 Å². The highest BCUT2D eigenvalue weighted by Gasteiger charge is 2.04. The van der Waals surface area contributed by atoms with Crippen molar-refractivity contribution in [2.45, 2.75) is 45.8 Å². The molecule has 0 fully saturated rings. The molecule has 0 saturated carbocycles. The summed E-state index contributed by atoms with van der Waals surface area (Å²) in [7, 11) is 1.58. The first-order chi connectivity index (χ1) is 5.70. The molecule has 0 rings (SSSR count). The molecule has 72 valence electrons. The van der Waals surface area contributed by atoms with Gasteiger partial charge in [0.2, 0.25) is 5.91 Å². The van der Waals surface area contributed by atoms with E-state index >= 15 is 0 Å². The number of carbonyl (C=O) groups is 1. The fraction of sp³-hybridized carbons (Fsp3) is 0.889. The molecule has 1 atom stereocenters. The highest BCUT2D eigenvalue weighted by atomic mass is 16.5. The van der Waals surface area contributed by atoms with Gasteiger partial charge in [0.25, 0.3) is 0 Å². The van der Waals surface area contributed by atoms with Crippen LogP contribution in [0.15, 0.2) is 0 Å². The lowest BCUT2D eigenvalue weighted by atomic mass is 10.2. The van der Waals surface area contributed by atoms with Crippen molar-refractivity contribution < 1.29 is 9.53 Å². The fourth-order valence-corrected chi connectivity index (χ4v) is 0.893. The Morgan fingerprint density at radius 1 is 1.50 bits per heavy atom. The molecule has 1 amide bonds. The second-order valence-corrected chi connectivity index (χ2v) is 2.90. The second-order valence-electron chi connectivity index (χ2n) is 2.90. The van der Waals surface area contributed by atoms with Gasteiger partial charge < -0.3 is 10.1 Å². The first-order valence-electron chi connectivity index (χ1n) is 4.52. The van der Waals surface area contributed by atoms with Crippen molar-refractivity contribution >= 4 is 5.91 Å². The van der Waals surface area contributed by atoms with Crippen molar-refractivity contribution in [3.05, 3.63) is 0 Å². The van der Waals surface area contributed by atoms with Crippen molar-refractivity contribution in [1.29, 1.82) is 0 Å². The van der Waals surface area contributed by atoms with Gasteiger partial charge in [0, 0.05) is 13.5 Å². The number of amides is 1. The number of rotatable bonds is 6. The normalized spacial score (nSPS) is 12.6. The number of unbranched alkanes of at least 4 members (excludes halogenated alkanes) is 2. The zero-order valence-corrected chi connectivity index (χ0v) is 8.22. The summed E-state index contributed by atoms with van der Waals surface area (Å²) < 4.78 is 4.90. The Labute approximate surface area is 74.5 Å². The lowest BCUT2D eigenvalue weighted by molar-refractivity contribution is -0.124. The van der Waals surface area contributed by atoms with E-state index in [1.807, 2.05) is 6.92 Å². The lowest BCUT2D eigenvalue weighted by Gasteiger charge is -2.11. The van der Waals surface area contributed by atoms with Gasteiger partial charge in [-0.05, 0) is 13.3 Å². The third-order valence-corrected chi connectivity index (χ3v) is 1.73. The zero-order valence-electron chi connectivity index (χ0n) is 8.22. The smallest absolute Gasteiger partial charge is 0.221 e. The second kappa shape index (κ2) is 7.10. The molecular weight excluding hydrogens is 154 g/mol. The maximum atomic E-state index is 11.1.